The lowest BCUT2D eigenvalue weighted by Crippen LogP contribution is -2.53. The van der Waals surface area contributed by atoms with Crippen LogP contribution < -0.4 is 5.32 Å². The molecule has 18 heavy (non-hydrogen) atoms. The fourth-order valence-corrected chi connectivity index (χ4v) is 3.52. The van der Waals surface area contributed by atoms with Crippen LogP contribution in [0.25, 0.3) is 0 Å². The van der Waals surface area contributed by atoms with Crippen LogP contribution in [0.3, 0.4) is 0 Å². The zero-order chi connectivity index (χ0) is 13.4. The molecule has 0 aromatic heterocycles. The van der Waals surface area contributed by atoms with E-state index in [4.69, 9.17) is 0 Å². The molecule has 1 saturated carbocycles. The highest BCUT2D eigenvalue weighted by atomic mass is 15.2. The van der Waals surface area contributed by atoms with Gasteiger partial charge in [-0.2, -0.15) is 0 Å². The maximum Gasteiger partial charge on any atom is 0.0251 e. The average molecular weight is 254 g/mol. The van der Waals surface area contributed by atoms with Gasteiger partial charge in [0.1, 0.15) is 0 Å². The molecule has 108 valence electrons. The van der Waals surface area contributed by atoms with Crippen LogP contribution >= 0.6 is 0 Å². The molecule has 0 aromatic rings. The summed E-state index contributed by atoms with van der Waals surface area (Å²) in [6.45, 7) is 12.9. The fourth-order valence-electron chi connectivity index (χ4n) is 3.52. The van der Waals surface area contributed by atoms with Gasteiger partial charge in [0.05, 0.1) is 0 Å². The first-order valence-corrected chi connectivity index (χ1v) is 8.24. The minimum absolute atomic E-state index is 0.732. The van der Waals surface area contributed by atoms with Crippen molar-refractivity contribution in [2.75, 3.05) is 19.6 Å². The molecule has 0 amide bonds. The molecule has 2 nitrogen and oxygen atoms in total. The van der Waals surface area contributed by atoms with Gasteiger partial charge in [0, 0.05) is 12.1 Å². The summed E-state index contributed by atoms with van der Waals surface area (Å²) in [5, 5.41) is 3.73. The second kappa shape index (κ2) is 8.92. The summed E-state index contributed by atoms with van der Waals surface area (Å²) in [5.41, 5.74) is 0. The lowest BCUT2D eigenvalue weighted by molar-refractivity contribution is 0.0956. The summed E-state index contributed by atoms with van der Waals surface area (Å²) in [6, 6.07) is 1.51. The molecule has 1 N–H and O–H groups in total. The van der Waals surface area contributed by atoms with E-state index in [1.54, 1.807) is 0 Å². The van der Waals surface area contributed by atoms with Gasteiger partial charge in [0.2, 0.25) is 0 Å². The highest BCUT2D eigenvalue weighted by molar-refractivity contribution is 4.90. The summed E-state index contributed by atoms with van der Waals surface area (Å²) >= 11 is 0. The van der Waals surface area contributed by atoms with Crippen molar-refractivity contribution in [3.8, 4) is 0 Å². The van der Waals surface area contributed by atoms with Crippen LogP contribution in [0, 0.1) is 5.92 Å². The number of nitrogens with one attached hydrogen (secondary N) is 1. The van der Waals surface area contributed by atoms with Crippen molar-refractivity contribution in [3.05, 3.63) is 0 Å². The number of hydrogen-bond donors (Lipinski definition) is 1. The monoisotopic (exact) mass is 254 g/mol. The highest BCUT2D eigenvalue weighted by Gasteiger charge is 2.32. The van der Waals surface area contributed by atoms with Gasteiger partial charge in [-0.05, 0) is 57.7 Å². The standard InChI is InChI=1S/C16H34N2/c1-5-11-18(12-6-2)16-13-14(7-3)9-10-15(16)17-8-4/h14-17H,5-13H2,1-4H3. The van der Waals surface area contributed by atoms with E-state index in [0.29, 0.717) is 0 Å². The maximum atomic E-state index is 3.73. The molecule has 2 heteroatoms. The van der Waals surface area contributed by atoms with Crippen molar-refractivity contribution < 1.29 is 0 Å². The summed E-state index contributed by atoms with van der Waals surface area (Å²) < 4.78 is 0. The van der Waals surface area contributed by atoms with Crippen LogP contribution in [0.2, 0.25) is 0 Å². The smallest absolute Gasteiger partial charge is 0.0251 e. The van der Waals surface area contributed by atoms with Crippen molar-refractivity contribution in [2.24, 2.45) is 5.92 Å². The van der Waals surface area contributed by atoms with Gasteiger partial charge >= 0.3 is 0 Å². The lowest BCUT2D eigenvalue weighted by atomic mass is 9.80. The van der Waals surface area contributed by atoms with Crippen molar-refractivity contribution in [1.82, 2.24) is 10.2 Å². The third-order valence-electron chi connectivity index (χ3n) is 4.46. The fraction of sp³-hybridized carbons (Fsp3) is 1.00. The quantitative estimate of drug-likeness (QED) is 0.711. The topological polar surface area (TPSA) is 15.3 Å². The zero-order valence-electron chi connectivity index (χ0n) is 13.0. The van der Waals surface area contributed by atoms with E-state index < -0.39 is 0 Å². The summed E-state index contributed by atoms with van der Waals surface area (Å²) in [5.74, 6) is 0.959. The second-order valence-corrected chi connectivity index (χ2v) is 5.85. The van der Waals surface area contributed by atoms with Crippen LogP contribution in [0.4, 0.5) is 0 Å². The summed E-state index contributed by atoms with van der Waals surface area (Å²) in [7, 11) is 0. The van der Waals surface area contributed by atoms with Gasteiger partial charge < -0.3 is 5.32 Å². The number of likely N-dealkylation sites (N-methyl/N-ethyl adjacent to an activating group) is 1. The van der Waals surface area contributed by atoms with Crippen LogP contribution in [0.1, 0.15) is 66.2 Å². The molecule has 0 saturated heterocycles. The van der Waals surface area contributed by atoms with Crippen molar-refractivity contribution in [2.45, 2.75) is 78.3 Å². The largest absolute Gasteiger partial charge is 0.313 e. The Labute approximate surface area is 115 Å². The van der Waals surface area contributed by atoms with Gasteiger partial charge in [-0.15, -0.1) is 0 Å². The van der Waals surface area contributed by atoms with E-state index in [1.807, 2.05) is 0 Å². The van der Waals surface area contributed by atoms with Crippen LogP contribution in [0.15, 0.2) is 0 Å². The van der Waals surface area contributed by atoms with Crippen LogP contribution in [-0.2, 0) is 0 Å². The molecule has 0 heterocycles. The molecule has 0 spiro atoms. The molecule has 1 aliphatic carbocycles. The van der Waals surface area contributed by atoms with E-state index >= 15 is 0 Å². The molecular formula is C16H34N2. The Balaban J connectivity index is 2.66. The summed E-state index contributed by atoms with van der Waals surface area (Å²) in [6.07, 6.45) is 8.14. The van der Waals surface area contributed by atoms with Crippen molar-refractivity contribution in [1.29, 1.82) is 0 Å². The first-order chi connectivity index (χ1) is 8.76. The van der Waals surface area contributed by atoms with Gasteiger partial charge in [0.15, 0.2) is 0 Å². The molecule has 0 aliphatic heterocycles. The van der Waals surface area contributed by atoms with Crippen LogP contribution in [0.5, 0.6) is 0 Å². The van der Waals surface area contributed by atoms with E-state index in [2.05, 4.69) is 37.9 Å². The first kappa shape index (κ1) is 16.0. The van der Waals surface area contributed by atoms with Gasteiger partial charge in [0.25, 0.3) is 0 Å². The Hall–Kier alpha value is -0.0800. The molecule has 0 radical (unpaired) electrons. The first-order valence-electron chi connectivity index (χ1n) is 8.24. The van der Waals surface area contributed by atoms with Crippen LogP contribution in [-0.4, -0.2) is 36.6 Å². The minimum atomic E-state index is 0.732. The molecule has 0 bridgehead atoms. The van der Waals surface area contributed by atoms with Crippen molar-refractivity contribution in [3.63, 3.8) is 0 Å². The predicted molar refractivity (Wildman–Crippen MR) is 81.0 cm³/mol. The third-order valence-corrected chi connectivity index (χ3v) is 4.46. The normalized spacial score (nSPS) is 28.8. The van der Waals surface area contributed by atoms with E-state index in [-0.39, 0.29) is 0 Å². The van der Waals surface area contributed by atoms with E-state index in [1.165, 1.54) is 51.6 Å². The second-order valence-electron chi connectivity index (χ2n) is 5.85. The lowest BCUT2D eigenvalue weighted by Gasteiger charge is -2.43. The van der Waals surface area contributed by atoms with E-state index in [0.717, 1.165) is 24.5 Å². The third kappa shape index (κ3) is 4.55. The van der Waals surface area contributed by atoms with Gasteiger partial charge in [-0.3, -0.25) is 4.90 Å². The zero-order valence-corrected chi connectivity index (χ0v) is 13.0. The Morgan fingerprint density at radius 3 is 2.17 bits per heavy atom. The number of hydrogen-bond acceptors (Lipinski definition) is 2. The Bertz CT molecular complexity index is 199. The molecule has 1 fully saturated rings. The molecule has 1 rings (SSSR count). The maximum absolute atomic E-state index is 3.73. The number of nitrogens with zero attached hydrogens (tertiary/aromatic N) is 1. The molecule has 1 aliphatic rings. The Morgan fingerprint density at radius 1 is 1.00 bits per heavy atom. The minimum Gasteiger partial charge on any atom is -0.313 e. The number of rotatable bonds is 8. The molecule has 3 atom stereocenters. The SMILES string of the molecule is CCCN(CCC)C1CC(CC)CCC1NCC. The molecular weight excluding hydrogens is 220 g/mol. The molecule has 0 aromatic carbocycles. The average Bonchev–Trinajstić information content (AvgIpc) is 2.39. The Kier molecular flexibility index (Phi) is 7.92. The predicted octanol–water partition coefficient (Wildman–Crippen LogP) is 3.67. The highest BCUT2D eigenvalue weighted by Crippen LogP contribution is 2.30. The Morgan fingerprint density at radius 2 is 1.67 bits per heavy atom. The molecule has 3 unspecified atom stereocenters. The van der Waals surface area contributed by atoms with Crippen molar-refractivity contribution >= 4 is 0 Å². The van der Waals surface area contributed by atoms with Gasteiger partial charge in [-0.1, -0.05) is 34.1 Å². The van der Waals surface area contributed by atoms with Gasteiger partial charge in [-0.25, -0.2) is 0 Å². The van der Waals surface area contributed by atoms with E-state index in [9.17, 15) is 0 Å². The summed E-state index contributed by atoms with van der Waals surface area (Å²) in [4.78, 5) is 2.76.